The van der Waals surface area contributed by atoms with E-state index in [9.17, 15) is 9.18 Å². The van der Waals surface area contributed by atoms with Gasteiger partial charge in [-0.1, -0.05) is 24.3 Å². The number of carbonyl (C=O) groups excluding carboxylic acids is 1. The second-order valence-electron chi connectivity index (χ2n) is 6.54. The second-order valence-corrected chi connectivity index (χ2v) is 9.72. The number of hydrogen-bond donors (Lipinski definition) is 0. The lowest BCUT2D eigenvalue weighted by molar-refractivity contribution is -0.129. The number of halogens is 4. The van der Waals surface area contributed by atoms with Crippen LogP contribution in [-0.4, -0.2) is 11.9 Å². The van der Waals surface area contributed by atoms with Crippen molar-refractivity contribution in [2.24, 2.45) is 4.99 Å². The minimum Gasteiger partial charge on any atom is -0.487 e. The molecule has 0 aromatic heterocycles. The molecule has 1 heterocycles. The zero-order chi connectivity index (χ0) is 22.0. The Morgan fingerprint density at radius 2 is 1.74 bits per heavy atom. The minimum absolute atomic E-state index is 0.234. The molecule has 0 saturated heterocycles. The zero-order valence-corrected chi connectivity index (χ0v) is 21.6. The van der Waals surface area contributed by atoms with Crippen molar-refractivity contribution in [1.29, 1.82) is 0 Å². The van der Waals surface area contributed by atoms with Crippen molar-refractivity contribution in [3.63, 3.8) is 0 Å². The lowest BCUT2D eigenvalue weighted by Gasteiger charge is -2.11. The number of hydrogen-bond acceptors (Lipinski definition) is 4. The molecule has 1 aliphatic heterocycles. The van der Waals surface area contributed by atoms with E-state index in [1.165, 1.54) is 12.1 Å². The van der Waals surface area contributed by atoms with Gasteiger partial charge in [0.15, 0.2) is 5.70 Å². The van der Waals surface area contributed by atoms with Gasteiger partial charge in [0, 0.05) is 4.47 Å². The van der Waals surface area contributed by atoms with Crippen molar-refractivity contribution in [1.82, 2.24) is 0 Å². The Bertz CT molecular complexity index is 1200. The van der Waals surface area contributed by atoms with Crippen LogP contribution in [0.2, 0.25) is 0 Å². The van der Waals surface area contributed by atoms with E-state index in [4.69, 9.17) is 9.47 Å². The lowest BCUT2D eigenvalue weighted by atomic mass is 10.2. The Labute approximate surface area is 214 Å². The number of cyclic esters (lactones) is 1. The molecule has 0 unspecified atom stereocenters. The minimum atomic E-state index is -0.493. The molecule has 0 spiro atoms. The van der Waals surface area contributed by atoms with Gasteiger partial charge in [-0.05, 0) is 115 Å². The molecule has 31 heavy (non-hydrogen) atoms. The average molecular weight is 704 g/mol. The van der Waals surface area contributed by atoms with Crippen LogP contribution in [0.25, 0.3) is 6.08 Å². The summed E-state index contributed by atoms with van der Waals surface area (Å²) in [4.78, 5) is 16.7. The number of esters is 1. The number of aliphatic imine (C=N–C) groups is 1. The molecule has 0 saturated carbocycles. The van der Waals surface area contributed by atoms with Crippen molar-refractivity contribution in [2.45, 2.75) is 6.61 Å². The van der Waals surface area contributed by atoms with Crippen molar-refractivity contribution < 1.29 is 18.7 Å². The molecule has 4 nitrogen and oxygen atoms in total. The first-order chi connectivity index (χ1) is 14.9. The third-order valence-electron chi connectivity index (χ3n) is 4.35. The number of benzene rings is 3. The van der Waals surface area contributed by atoms with E-state index < -0.39 is 5.97 Å². The molecule has 0 atom stereocenters. The Balaban J connectivity index is 1.56. The molecule has 0 fully saturated rings. The third kappa shape index (κ3) is 5.35. The highest BCUT2D eigenvalue weighted by molar-refractivity contribution is 14.1. The number of nitrogens with zero attached hydrogens (tertiary/aromatic N) is 1. The van der Waals surface area contributed by atoms with Gasteiger partial charge in [-0.25, -0.2) is 14.2 Å². The van der Waals surface area contributed by atoms with Crippen LogP contribution >= 0.6 is 61.1 Å². The molecular formula is C23H13BrFI2NO3. The fourth-order valence-corrected chi connectivity index (χ4v) is 5.44. The molecule has 0 N–H and O–H groups in total. The van der Waals surface area contributed by atoms with Gasteiger partial charge in [-0.2, -0.15) is 0 Å². The molecule has 0 aliphatic carbocycles. The Hall–Kier alpha value is -1.79. The van der Waals surface area contributed by atoms with Gasteiger partial charge in [-0.3, -0.25) is 0 Å². The van der Waals surface area contributed by atoms with E-state index in [-0.39, 0.29) is 17.4 Å². The fourth-order valence-electron chi connectivity index (χ4n) is 2.85. The van der Waals surface area contributed by atoms with Crippen molar-refractivity contribution in [3.05, 3.63) is 100 Å². The van der Waals surface area contributed by atoms with Crippen LogP contribution < -0.4 is 4.74 Å². The summed E-state index contributed by atoms with van der Waals surface area (Å²) in [5.41, 5.74) is 2.64. The summed E-state index contributed by atoms with van der Waals surface area (Å²) in [6, 6.07) is 17.5. The summed E-state index contributed by atoms with van der Waals surface area (Å²) in [6.45, 7) is 0.332. The Kier molecular flexibility index (Phi) is 7.07. The number of ether oxygens (including phenoxy) is 2. The molecule has 8 heteroatoms. The normalized spacial score (nSPS) is 14.5. The largest absolute Gasteiger partial charge is 0.487 e. The van der Waals surface area contributed by atoms with E-state index in [0.717, 1.165) is 28.5 Å². The molecular weight excluding hydrogens is 691 g/mol. The van der Waals surface area contributed by atoms with Gasteiger partial charge >= 0.3 is 5.97 Å². The highest BCUT2D eigenvalue weighted by Gasteiger charge is 2.25. The highest BCUT2D eigenvalue weighted by Crippen LogP contribution is 2.31. The van der Waals surface area contributed by atoms with Crippen molar-refractivity contribution in [3.8, 4) is 5.75 Å². The molecule has 0 bridgehead atoms. The predicted molar refractivity (Wildman–Crippen MR) is 137 cm³/mol. The Morgan fingerprint density at radius 1 is 1.06 bits per heavy atom. The second kappa shape index (κ2) is 9.78. The summed E-state index contributed by atoms with van der Waals surface area (Å²) < 4.78 is 26.9. The molecule has 3 aromatic rings. The zero-order valence-electron chi connectivity index (χ0n) is 15.7. The van der Waals surface area contributed by atoms with E-state index in [1.54, 1.807) is 18.2 Å². The van der Waals surface area contributed by atoms with Crippen LogP contribution in [0.1, 0.15) is 16.7 Å². The maximum Gasteiger partial charge on any atom is 0.363 e. The van der Waals surface area contributed by atoms with Gasteiger partial charge in [0.05, 0.1) is 12.7 Å². The molecule has 0 amide bonds. The van der Waals surface area contributed by atoms with Crippen molar-refractivity contribution >= 4 is 79.1 Å². The Morgan fingerprint density at radius 3 is 2.42 bits per heavy atom. The van der Waals surface area contributed by atoms with Gasteiger partial charge in [0.1, 0.15) is 18.2 Å². The quantitative estimate of drug-likeness (QED) is 0.169. The van der Waals surface area contributed by atoms with Crippen LogP contribution in [0.3, 0.4) is 0 Å². The number of carbonyl (C=O) groups is 1. The summed E-state index contributed by atoms with van der Waals surface area (Å²) in [5, 5.41) is 0. The molecule has 3 aromatic carbocycles. The summed E-state index contributed by atoms with van der Waals surface area (Å²) in [6.07, 6.45) is 1.69. The maximum atomic E-state index is 13.1. The first kappa shape index (κ1) is 22.4. The van der Waals surface area contributed by atoms with Gasteiger partial charge in [0.25, 0.3) is 0 Å². The van der Waals surface area contributed by atoms with Gasteiger partial charge < -0.3 is 9.47 Å². The predicted octanol–water partition coefficient (Wildman–Crippen LogP) is 6.72. The van der Waals surface area contributed by atoms with E-state index >= 15 is 0 Å². The van der Waals surface area contributed by atoms with Crippen LogP contribution in [0, 0.1) is 13.0 Å². The van der Waals surface area contributed by atoms with E-state index in [2.05, 4.69) is 66.1 Å². The van der Waals surface area contributed by atoms with Crippen LogP contribution in [0.4, 0.5) is 4.39 Å². The molecule has 1 aliphatic rings. The van der Waals surface area contributed by atoms with Crippen LogP contribution in [-0.2, 0) is 16.1 Å². The molecule has 0 radical (unpaired) electrons. The van der Waals surface area contributed by atoms with Crippen LogP contribution in [0.5, 0.6) is 5.75 Å². The monoisotopic (exact) mass is 703 g/mol. The van der Waals surface area contributed by atoms with Crippen LogP contribution in [0.15, 0.2) is 75.8 Å². The van der Waals surface area contributed by atoms with Crippen molar-refractivity contribution in [2.75, 3.05) is 0 Å². The standard InChI is InChI=1S/C23H13BrFI2NO3/c24-17-4-2-1-3-16(17)22-28-20(23(29)31-22)11-14-9-18(26)21(19(27)10-14)30-12-13-5-7-15(25)8-6-13/h1-11H,12H2/b20-11-. The highest BCUT2D eigenvalue weighted by atomic mass is 127. The third-order valence-corrected chi connectivity index (χ3v) is 6.64. The van der Waals surface area contributed by atoms with Gasteiger partial charge in [-0.15, -0.1) is 0 Å². The summed E-state index contributed by atoms with van der Waals surface area (Å²) >= 11 is 7.83. The number of rotatable bonds is 5. The van der Waals surface area contributed by atoms with E-state index in [1.807, 2.05) is 36.4 Å². The summed E-state index contributed by atoms with van der Waals surface area (Å²) in [7, 11) is 0. The SMILES string of the molecule is O=C1OC(c2ccccc2Br)=N/C1=C\c1cc(I)c(OCc2ccc(F)cc2)c(I)c1. The van der Waals surface area contributed by atoms with Gasteiger partial charge in [0.2, 0.25) is 5.90 Å². The lowest BCUT2D eigenvalue weighted by Crippen LogP contribution is -2.05. The maximum absolute atomic E-state index is 13.1. The topological polar surface area (TPSA) is 47.9 Å². The summed E-state index contributed by atoms with van der Waals surface area (Å²) in [5.74, 6) is 0.236. The first-order valence-electron chi connectivity index (χ1n) is 9.04. The van der Waals surface area contributed by atoms with E-state index in [0.29, 0.717) is 12.2 Å². The first-order valence-corrected chi connectivity index (χ1v) is 12.0. The fraction of sp³-hybridized carbons (Fsp3) is 0.0435. The molecule has 156 valence electrons. The smallest absolute Gasteiger partial charge is 0.363 e. The average Bonchev–Trinajstić information content (AvgIpc) is 3.09. The molecule has 4 rings (SSSR count).